The average molecular weight is 325 g/mol. The van der Waals surface area contributed by atoms with Crippen LogP contribution in [-0.4, -0.2) is 28.5 Å². The van der Waals surface area contributed by atoms with Gasteiger partial charge in [0.15, 0.2) is 5.78 Å². The van der Waals surface area contributed by atoms with E-state index in [4.69, 9.17) is 4.74 Å². The minimum atomic E-state index is -0.367. The Morgan fingerprint density at radius 2 is 2.00 bits per heavy atom. The largest absolute Gasteiger partial charge is 0.370 e. The maximum atomic E-state index is 12.4. The number of H-pyrrole nitrogens is 2. The second kappa shape index (κ2) is 4.94. The number of rotatable bonds is 2. The molecule has 1 unspecified atom stereocenters. The lowest BCUT2D eigenvalue weighted by molar-refractivity contribution is 0.0186. The maximum Gasteiger partial charge on any atom is 0.323 e. The molecule has 1 saturated heterocycles. The van der Waals surface area contributed by atoms with Gasteiger partial charge in [-0.1, -0.05) is 0 Å². The van der Waals surface area contributed by atoms with E-state index in [1.807, 2.05) is 0 Å². The molecule has 0 saturated carbocycles. The van der Waals surface area contributed by atoms with Crippen molar-refractivity contribution in [2.24, 2.45) is 0 Å². The summed E-state index contributed by atoms with van der Waals surface area (Å²) >= 11 is 3.38. The number of ether oxygens (including phenoxy) is 1. The highest BCUT2D eigenvalue weighted by atomic mass is 79.9. The molecule has 0 aliphatic carbocycles. The summed E-state index contributed by atoms with van der Waals surface area (Å²) < 4.78 is 6.19. The van der Waals surface area contributed by atoms with E-state index in [-0.39, 0.29) is 17.6 Å². The Morgan fingerprint density at radius 3 is 2.68 bits per heavy atom. The molecule has 1 aromatic heterocycles. The van der Waals surface area contributed by atoms with Crippen molar-refractivity contribution in [1.82, 2.24) is 9.97 Å². The van der Waals surface area contributed by atoms with Gasteiger partial charge in [0.1, 0.15) is 6.10 Å². The van der Waals surface area contributed by atoms with Crippen molar-refractivity contribution in [1.29, 1.82) is 0 Å². The van der Waals surface area contributed by atoms with E-state index < -0.39 is 0 Å². The van der Waals surface area contributed by atoms with Crippen LogP contribution < -0.4 is 5.69 Å². The van der Waals surface area contributed by atoms with Crippen LogP contribution in [0.25, 0.3) is 11.0 Å². The van der Waals surface area contributed by atoms with E-state index in [1.54, 1.807) is 12.1 Å². The monoisotopic (exact) mass is 324 g/mol. The quantitative estimate of drug-likeness (QED) is 0.833. The highest BCUT2D eigenvalue weighted by Gasteiger charge is 2.25. The first-order valence-corrected chi connectivity index (χ1v) is 7.02. The van der Waals surface area contributed by atoms with Crippen molar-refractivity contribution in [3.8, 4) is 0 Å². The molecule has 2 N–H and O–H groups in total. The molecule has 2 heterocycles. The number of aromatic amines is 2. The Bertz CT molecular complexity index is 683. The van der Waals surface area contributed by atoms with Crippen LogP contribution in [-0.2, 0) is 4.74 Å². The lowest BCUT2D eigenvalue weighted by atomic mass is 9.99. The van der Waals surface area contributed by atoms with Gasteiger partial charge in [0.25, 0.3) is 0 Å². The molecular formula is C13H13BrN2O3. The molecule has 1 aromatic carbocycles. The third-order valence-corrected chi connectivity index (χ3v) is 4.00. The predicted molar refractivity (Wildman–Crippen MR) is 74.5 cm³/mol. The third-order valence-electron chi connectivity index (χ3n) is 3.34. The number of nitrogens with one attached hydrogen (secondary N) is 2. The number of carbonyl (C=O) groups excluding carboxylic acids is 1. The Morgan fingerprint density at radius 1 is 1.26 bits per heavy atom. The number of benzene rings is 1. The van der Waals surface area contributed by atoms with Gasteiger partial charge >= 0.3 is 5.69 Å². The van der Waals surface area contributed by atoms with Crippen LogP contribution in [0.1, 0.15) is 29.6 Å². The summed E-state index contributed by atoms with van der Waals surface area (Å²) in [6.45, 7) is 0.636. The van der Waals surface area contributed by atoms with Gasteiger partial charge in [-0.15, -0.1) is 0 Å². The highest BCUT2D eigenvalue weighted by Crippen LogP contribution is 2.26. The summed E-state index contributed by atoms with van der Waals surface area (Å²) in [4.78, 5) is 29.0. The minimum Gasteiger partial charge on any atom is -0.370 e. The second-order valence-corrected chi connectivity index (χ2v) is 5.53. The topological polar surface area (TPSA) is 75.0 Å². The van der Waals surface area contributed by atoms with Crippen LogP contribution in [0.15, 0.2) is 21.4 Å². The molecular weight excluding hydrogens is 312 g/mol. The number of fused-ring (bicyclic) bond motifs is 1. The van der Waals surface area contributed by atoms with Crippen molar-refractivity contribution in [3.05, 3.63) is 32.7 Å². The van der Waals surface area contributed by atoms with E-state index in [0.29, 0.717) is 27.7 Å². The van der Waals surface area contributed by atoms with E-state index in [0.717, 1.165) is 19.3 Å². The first-order chi connectivity index (χ1) is 9.15. The molecule has 0 spiro atoms. The second-order valence-electron chi connectivity index (χ2n) is 4.68. The Balaban J connectivity index is 2.01. The summed E-state index contributed by atoms with van der Waals surface area (Å²) in [5.41, 5.74) is 1.58. The van der Waals surface area contributed by atoms with E-state index in [9.17, 15) is 9.59 Å². The molecule has 6 heteroatoms. The number of imidazole rings is 1. The van der Waals surface area contributed by atoms with Crippen LogP contribution >= 0.6 is 15.9 Å². The number of carbonyl (C=O) groups is 1. The molecule has 1 aliphatic heterocycles. The number of halogens is 1. The number of aromatic nitrogens is 2. The van der Waals surface area contributed by atoms with E-state index in [1.165, 1.54) is 0 Å². The van der Waals surface area contributed by atoms with Gasteiger partial charge in [0.2, 0.25) is 0 Å². The summed E-state index contributed by atoms with van der Waals surface area (Å²) in [5, 5.41) is 0. The van der Waals surface area contributed by atoms with Crippen molar-refractivity contribution in [2.45, 2.75) is 25.4 Å². The molecule has 1 atom stereocenters. The molecule has 19 heavy (non-hydrogen) atoms. The molecule has 1 fully saturated rings. The Kier molecular flexibility index (Phi) is 3.28. The molecule has 0 bridgehead atoms. The maximum absolute atomic E-state index is 12.4. The van der Waals surface area contributed by atoms with Crippen molar-refractivity contribution < 1.29 is 9.53 Å². The van der Waals surface area contributed by atoms with Crippen LogP contribution in [0.4, 0.5) is 0 Å². The smallest absolute Gasteiger partial charge is 0.323 e. The number of hydrogen-bond donors (Lipinski definition) is 2. The Hall–Kier alpha value is -1.40. The molecule has 3 rings (SSSR count). The van der Waals surface area contributed by atoms with Gasteiger partial charge in [0.05, 0.1) is 11.0 Å². The summed E-state index contributed by atoms with van der Waals surface area (Å²) in [7, 11) is 0. The minimum absolute atomic E-state index is 0.0319. The van der Waals surface area contributed by atoms with Gasteiger partial charge in [-0.3, -0.25) is 4.79 Å². The van der Waals surface area contributed by atoms with E-state index in [2.05, 4.69) is 25.9 Å². The van der Waals surface area contributed by atoms with E-state index >= 15 is 0 Å². The first-order valence-electron chi connectivity index (χ1n) is 6.22. The number of ketones is 1. The van der Waals surface area contributed by atoms with Gasteiger partial charge in [-0.2, -0.15) is 0 Å². The Labute approximate surface area is 117 Å². The molecule has 0 radical (unpaired) electrons. The molecule has 2 aromatic rings. The van der Waals surface area contributed by atoms with Gasteiger partial charge in [0, 0.05) is 16.6 Å². The van der Waals surface area contributed by atoms with Gasteiger partial charge < -0.3 is 14.7 Å². The molecule has 0 amide bonds. The SMILES string of the molecule is O=C(c1cc2[nH]c(=O)[nH]c2cc1Br)C1CCCCO1. The first kappa shape index (κ1) is 12.6. The van der Waals surface area contributed by atoms with Gasteiger partial charge in [-0.25, -0.2) is 4.79 Å². The van der Waals surface area contributed by atoms with Crippen LogP contribution in [0.3, 0.4) is 0 Å². The van der Waals surface area contributed by atoms with Crippen molar-refractivity contribution in [3.63, 3.8) is 0 Å². The van der Waals surface area contributed by atoms with Crippen LogP contribution in [0.5, 0.6) is 0 Å². The summed E-state index contributed by atoms with van der Waals surface area (Å²) in [6, 6.07) is 3.43. The van der Waals surface area contributed by atoms with Crippen molar-refractivity contribution in [2.75, 3.05) is 6.61 Å². The zero-order valence-electron chi connectivity index (χ0n) is 10.2. The fraction of sp³-hybridized carbons (Fsp3) is 0.385. The van der Waals surface area contributed by atoms with Gasteiger partial charge in [-0.05, 0) is 47.3 Å². The van der Waals surface area contributed by atoms with Crippen LogP contribution in [0.2, 0.25) is 0 Å². The lowest BCUT2D eigenvalue weighted by Gasteiger charge is -2.21. The van der Waals surface area contributed by atoms with Crippen LogP contribution in [0, 0.1) is 0 Å². The third kappa shape index (κ3) is 2.37. The summed E-state index contributed by atoms with van der Waals surface area (Å²) in [5.74, 6) is -0.0319. The number of Topliss-reactive ketones (excluding diaryl/α,β-unsaturated/α-hetero) is 1. The number of hydrogen-bond acceptors (Lipinski definition) is 3. The standard InChI is InChI=1S/C13H13BrN2O3/c14-8-6-10-9(15-13(18)16-10)5-7(8)12(17)11-3-1-2-4-19-11/h5-6,11H,1-4H2,(H2,15,16,18). The zero-order valence-corrected chi connectivity index (χ0v) is 11.7. The fourth-order valence-electron chi connectivity index (χ4n) is 2.37. The molecule has 5 nitrogen and oxygen atoms in total. The zero-order chi connectivity index (χ0) is 13.4. The summed E-state index contributed by atoms with van der Waals surface area (Å²) in [6.07, 6.45) is 2.41. The average Bonchev–Trinajstić information content (AvgIpc) is 2.77. The molecule has 100 valence electrons. The lowest BCUT2D eigenvalue weighted by Crippen LogP contribution is -2.28. The predicted octanol–water partition coefficient (Wildman–Crippen LogP) is 2.37. The fourth-order valence-corrected chi connectivity index (χ4v) is 2.90. The van der Waals surface area contributed by atoms with Crippen molar-refractivity contribution >= 4 is 32.7 Å². The normalized spacial score (nSPS) is 19.7. The highest BCUT2D eigenvalue weighted by molar-refractivity contribution is 9.10. The molecule has 1 aliphatic rings.